The molecule has 1 aromatic rings. The molecule has 0 bridgehead atoms. The number of carboxylic acids is 1. The summed E-state index contributed by atoms with van der Waals surface area (Å²) in [5.74, 6) is -1.87. The van der Waals surface area contributed by atoms with E-state index in [1.54, 1.807) is 18.2 Å². The molecule has 0 spiro atoms. The zero-order valence-corrected chi connectivity index (χ0v) is 14.6. The SMILES string of the molecule is CCCC(CNC(=O)c1ccc2c(c1)CCN2S(C)(=O)=O)C(=O)O. The van der Waals surface area contributed by atoms with Gasteiger partial charge in [-0.2, -0.15) is 0 Å². The van der Waals surface area contributed by atoms with Gasteiger partial charge in [-0.3, -0.25) is 13.9 Å². The number of fused-ring (bicyclic) bond motifs is 1. The summed E-state index contributed by atoms with van der Waals surface area (Å²) in [4.78, 5) is 23.3. The number of aliphatic carboxylic acids is 1. The summed E-state index contributed by atoms with van der Waals surface area (Å²) < 4.78 is 24.7. The molecule has 7 nitrogen and oxygen atoms in total. The topological polar surface area (TPSA) is 104 Å². The molecule has 1 heterocycles. The highest BCUT2D eigenvalue weighted by atomic mass is 32.2. The molecule has 0 fully saturated rings. The summed E-state index contributed by atoms with van der Waals surface area (Å²) >= 11 is 0. The molecule has 2 N–H and O–H groups in total. The molecular weight excluding hydrogens is 332 g/mol. The summed E-state index contributed by atoms with van der Waals surface area (Å²) in [6.07, 6.45) is 2.94. The number of amides is 1. The van der Waals surface area contributed by atoms with Crippen molar-refractivity contribution in [1.82, 2.24) is 5.32 Å². The molecule has 0 radical (unpaired) electrons. The van der Waals surface area contributed by atoms with Crippen LogP contribution in [0.1, 0.15) is 35.7 Å². The van der Waals surface area contributed by atoms with Crippen molar-refractivity contribution in [3.63, 3.8) is 0 Å². The van der Waals surface area contributed by atoms with E-state index in [4.69, 9.17) is 5.11 Å². The molecule has 1 aromatic carbocycles. The maximum Gasteiger partial charge on any atom is 0.308 e. The fraction of sp³-hybridized carbons (Fsp3) is 0.500. The number of hydrogen-bond donors (Lipinski definition) is 2. The van der Waals surface area contributed by atoms with Crippen LogP contribution in [0, 0.1) is 5.92 Å². The largest absolute Gasteiger partial charge is 0.481 e. The third-order valence-electron chi connectivity index (χ3n) is 4.09. The monoisotopic (exact) mass is 354 g/mol. The maximum absolute atomic E-state index is 12.2. The van der Waals surface area contributed by atoms with Gasteiger partial charge in [0.1, 0.15) is 0 Å². The quantitative estimate of drug-likeness (QED) is 0.767. The summed E-state index contributed by atoms with van der Waals surface area (Å²) in [6.45, 7) is 2.34. The Morgan fingerprint density at radius 1 is 1.38 bits per heavy atom. The lowest BCUT2D eigenvalue weighted by Gasteiger charge is -2.16. The minimum atomic E-state index is -3.32. The van der Waals surface area contributed by atoms with Gasteiger partial charge in [-0.15, -0.1) is 0 Å². The number of rotatable bonds is 7. The molecule has 1 unspecified atom stereocenters. The Balaban J connectivity index is 2.09. The number of nitrogens with zero attached hydrogens (tertiary/aromatic N) is 1. The first-order valence-electron chi connectivity index (χ1n) is 7.85. The number of benzene rings is 1. The molecular formula is C16H22N2O5S. The summed E-state index contributed by atoms with van der Waals surface area (Å²) in [6, 6.07) is 4.86. The second-order valence-electron chi connectivity index (χ2n) is 5.96. The van der Waals surface area contributed by atoms with Crippen molar-refractivity contribution in [1.29, 1.82) is 0 Å². The number of hydrogen-bond acceptors (Lipinski definition) is 4. The average molecular weight is 354 g/mol. The molecule has 132 valence electrons. The molecule has 2 rings (SSSR count). The zero-order chi connectivity index (χ0) is 17.9. The van der Waals surface area contributed by atoms with Gasteiger partial charge in [0.15, 0.2) is 0 Å². The molecule has 1 aliphatic heterocycles. The highest BCUT2D eigenvalue weighted by molar-refractivity contribution is 7.92. The van der Waals surface area contributed by atoms with E-state index in [0.29, 0.717) is 30.6 Å². The van der Waals surface area contributed by atoms with E-state index in [1.165, 1.54) is 4.31 Å². The predicted octanol–water partition coefficient (Wildman–Crippen LogP) is 1.24. The van der Waals surface area contributed by atoms with E-state index >= 15 is 0 Å². The van der Waals surface area contributed by atoms with Crippen molar-refractivity contribution in [3.05, 3.63) is 29.3 Å². The van der Waals surface area contributed by atoms with E-state index in [1.807, 2.05) is 6.92 Å². The molecule has 1 aliphatic rings. The van der Waals surface area contributed by atoms with Crippen LogP contribution in [0.25, 0.3) is 0 Å². The van der Waals surface area contributed by atoms with Gasteiger partial charge in [0.25, 0.3) is 5.91 Å². The van der Waals surface area contributed by atoms with Gasteiger partial charge in [0, 0.05) is 18.7 Å². The second-order valence-corrected chi connectivity index (χ2v) is 7.87. The zero-order valence-electron chi connectivity index (χ0n) is 13.8. The molecule has 0 aromatic heterocycles. The first-order valence-corrected chi connectivity index (χ1v) is 9.70. The Hall–Kier alpha value is -2.09. The number of carbonyl (C=O) groups excluding carboxylic acids is 1. The van der Waals surface area contributed by atoms with Crippen LogP contribution in [0.3, 0.4) is 0 Å². The van der Waals surface area contributed by atoms with Crippen LogP contribution < -0.4 is 9.62 Å². The van der Waals surface area contributed by atoms with Crippen LogP contribution in [-0.2, 0) is 21.2 Å². The van der Waals surface area contributed by atoms with Gasteiger partial charge in [0.05, 0.1) is 17.9 Å². The Morgan fingerprint density at radius 2 is 2.08 bits per heavy atom. The van der Waals surface area contributed by atoms with Crippen molar-refractivity contribution in [2.45, 2.75) is 26.2 Å². The number of carbonyl (C=O) groups is 2. The van der Waals surface area contributed by atoms with Crippen molar-refractivity contribution in [2.24, 2.45) is 5.92 Å². The summed E-state index contributed by atoms with van der Waals surface area (Å²) in [5, 5.41) is 11.8. The Bertz CT molecular complexity index is 745. The Morgan fingerprint density at radius 3 is 2.67 bits per heavy atom. The molecule has 1 atom stereocenters. The fourth-order valence-electron chi connectivity index (χ4n) is 2.84. The molecule has 0 saturated carbocycles. The lowest BCUT2D eigenvalue weighted by molar-refractivity contribution is -0.141. The van der Waals surface area contributed by atoms with E-state index in [9.17, 15) is 18.0 Å². The van der Waals surface area contributed by atoms with E-state index in [-0.39, 0.29) is 12.5 Å². The van der Waals surface area contributed by atoms with Crippen LogP contribution in [0.2, 0.25) is 0 Å². The van der Waals surface area contributed by atoms with Gasteiger partial charge >= 0.3 is 5.97 Å². The predicted molar refractivity (Wildman–Crippen MR) is 90.7 cm³/mol. The van der Waals surface area contributed by atoms with Gasteiger partial charge in [0.2, 0.25) is 10.0 Å². The first kappa shape index (κ1) is 18.3. The summed E-state index contributed by atoms with van der Waals surface area (Å²) in [7, 11) is -3.32. The smallest absolute Gasteiger partial charge is 0.308 e. The number of anilines is 1. The van der Waals surface area contributed by atoms with Gasteiger partial charge in [-0.25, -0.2) is 8.42 Å². The Labute approximate surface area is 141 Å². The number of carboxylic acid groups (broad SMARTS) is 1. The van der Waals surface area contributed by atoms with Crippen LogP contribution >= 0.6 is 0 Å². The average Bonchev–Trinajstić information content (AvgIpc) is 2.93. The van der Waals surface area contributed by atoms with Gasteiger partial charge < -0.3 is 10.4 Å². The minimum Gasteiger partial charge on any atom is -0.481 e. The van der Waals surface area contributed by atoms with Gasteiger partial charge in [-0.05, 0) is 36.6 Å². The van der Waals surface area contributed by atoms with Crippen molar-refractivity contribution in [2.75, 3.05) is 23.7 Å². The van der Waals surface area contributed by atoms with Crippen LogP contribution in [0.5, 0.6) is 0 Å². The highest BCUT2D eigenvalue weighted by Gasteiger charge is 2.27. The lowest BCUT2D eigenvalue weighted by Crippen LogP contribution is -2.33. The fourth-order valence-corrected chi connectivity index (χ4v) is 3.79. The van der Waals surface area contributed by atoms with Crippen LogP contribution in [0.15, 0.2) is 18.2 Å². The number of sulfonamides is 1. The lowest BCUT2D eigenvalue weighted by atomic mass is 10.0. The molecule has 0 saturated heterocycles. The van der Waals surface area contributed by atoms with Crippen molar-refractivity contribution >= 4 is 27.6 Å². The standard InChI is InChI=1S/C16H22N2O5S/c1-3-4-13(16(20)21)10-17-15(19)12-5-6-14-11(9-12)7-8-18(14)24(2,22)23/h5-6,9,13H,3-4,7-8,10H2,1-2H3,(H,17,19)(H,20,21). The van der Waals surface area contributed by atoms with Crippen molar-refractivity contribution < 1.29 is 23.1 Å². The summed E-state index contributed by atoms with van der Waals surface area (Å²) in [5.41, 5.74) is 1.81. The number of nitrogens with one attached hydrogen (secondary N) is 1. The third-order valence-corrected chi connectivity index (χ3v) is 5.27. The highest BCUT2D eigenvalue weighted by Crippen LogP contribution is 2.30. The molecule has 1 amide bonds. The van der Waals surface area contributed by atoms with E-state index in [2.05, 4.69) is 5.32 Å². The third kappa shape index (κ3) is 4.05. The molecule has 0 aliphatic carbocycles. The normalized spacial score (nSPS) is 15.0. The molecule has 24 heavy (non-hydrogen) atoms. The van der Waals surface area contributed by atoms with E-state index in [0.717, 1.165) is 18.2 Å². The minimum absolute atomic E-state index is 0.0779. The Kier molecular flexibility index (Phi) is 5.48. The first-order chi connectivity index (χ1) is 11.2. The second kappa shape index (κ2) is 7.21. The van der Waals surface area contributed by atoms with Gasteiger partial charge in [-0.1, -0.05) is 13.3 Å². The maximum atomic E-state index is 12.2. The van der Waals surface area contributed by atoms with Crippen LogP contribution in [-0.4, -0.2) is 44.7 Å². The van der Waals surface area contributed by atoms with E-state index < -0.39 is 21.9 Å². The molecule has 8 heteroatoms. The van der Waals surface area contributed by atoms with Crippen molar-refractivity contribution in [3.8, 4) is 0 Å². The van der Waals surface area contributed by atoms with Crippen LogP contribution in [0.4, 0.5) is 5.69 Å².